The molecule has 13 heteroatoms. The first-order chi connectivity index (χ1) is 16.3. The van der Waals surface area contributed by atoms with Gasteiger partial charge in [0.15, 0.2) is 23.0 Å². The van der Waals surface area contributed by atoms with Gasteiger partial charge >= 0.3 is 6.36 Å². The van der Waals surface area contributed by atoms with Crippen molar-refractivity contribution in [3.05, 3.63) is 71.6 Å². The lowest BCUT2D eigenvalue weighted by Crippen LogP contribution is -2.42. The second-order valence-electron chi connectivity index (χ2n) is 8.31. The summed E-state index contributed by atoms with van der Waals surface area (Å²) in [5.74, 6) is -2.60. The standard InChI is InChI=1S/C22H20F4N6O3/c1-12-6-8-31(30-12)17-7-9-32-19(28-17)14(11-27-32)20(33)29-18(21(2,3)34)13-4-5-16(15(23)10-13)35-22(24,25)26/h4-11,18,34H,1-3H3,(H,29,33). The van der Waals surface area contributed by atoms with Crippen LogP contribution < -0.4 is 10.1 Å². The van der Waals surface area contributed by atoms with Gasteiger partial charge in [-0.2, -0.15) is 10.2 Å². The summed E-state index contributed by atoms with van der Waals surface area (Å²) < 4.78 is 58.2. The summed E-state index contributed by atoms with van der Waals surface area (Å²) in [6.07, 6.45) is -0.502. The fraction of sp³-hybridized carbons (Fsp3) is 0.273. The van der Waals surface area contributed by atoms with Crippen LogP contribution in [0.3, 0.4) is 0 Å². The van der Waals surface area contributed by atoms with E-state index in [0.717, 1.165) is 23.9 Å². The minimum Gasteiger partial charge on any atom is -0.403 e. The smallest absolute Gasteiger partial charge is 0.403 e. The molecule has 2 N–H and O–H groups in total. The molecule has 1 atom stereocenters. The van der Waals surface area contributed by atoms with E-state index in [-0.39, 0.29) is 16.8 Å². The molecule has 0 saturated heterocycles. The van der Waals surface area contributed by atoms with E-state index in [9.17, 15) is 27.5 Å². The fourth-order valence-electron chi connectivity index (χ4n) is 3.47. The molecule has 35 heavy (non-hydrogen) atoms. The average Bonchev–Trinajstić information content (AvgIpc) is 3.37. The van der Waals surface area contributed by atoms with Crippen molar-refractivity contribution in [1.82, 2.24) is 29.7 Å². The van der Waals surface area contributed by atoms with Crippen LogP contribution in [0.15, 0.2) is 48.9 Å². The molecule has 0 aliphatic carbocycles. The second kappa shape index (κ2) is 8.65. The first-order valence-electron chi connectivity index (χ1n) is 10.3. The Morgan fingerprint density at radius 3 is 2.51 bits per heavy atom. The van der Waals surface area contributed by atoms with E-state index >= 15 is 0 Å². The molecule has 0 spiro atoms. The lowest BCUT2D eigenvalue weighted by molar-refractivity contribution is -0.275. The number of nitrogens with one attached hydrogen (secondary N) is 1. The van der Waals surface area contributed by atoms with Crippen LogP contribution >= 0.6 is 0 Å². The maximum atomic E-state index is 14.3. The Balaban J connectivity index is 1.65. The van der Waals surface area contributed by atoms with Gasteiger partial charge < -0.3 is 15.2 Å². The van der Waals surface area contributed by atoms with Crippen LogP contribution in [0, 0.1) is 12.7 Å². The Labute approximate surface area is 196 Å². The van der Waals surface area contributed by atoms with Crippen LogP contribution in [0.4, 0.5) is 17.6 Å². The first-order valence-corrected chi connectivity index (χ1v) is 10.3. The van der Waals surface area contributed by atoms with Crippen LogP contribution in [0.5, 0.6) is 5.75 Å². The summed E-state index contributed by atoms with van der Waals surface area (Å²) in [7, 11) is 0. The third-order valence-corrected chi connectivity index (χ3v) is 5.05. The number of carbonyl (C=O) groups is 1. The monoisotopic (exact) mass is 492 g/mol. The van der Waals surface area contributed by atoms with E-state index in [1.807, 2.05) is 6.92 Å². The summed E-state index contributed by atoms with van der Waals surface area (Å²) in [4.78, 5) is 17.6. The molecular formula is C22H20F4N6O3. The lowest BCUT2D eigenvalue weighted by Gasteiger charge is -2.30. The molecule has 4 rings (SSSR count). The number of fused-ring (bicyclic) bond motifs is 1. The number of rotatable bonds is 6. The summed E-state index contributed by atoms with van der Waals surface area (Å²) in [6.45, 7) is 4.54. The van der Waals surface area contributed by atoms with Gasteiger partial charge in [0.1, 0.15) is 5.56 Å². The molecule has 184 valence electrons. The zero-order valence-corrected chi connectivity index (χ0v) is 18.7. The molecule has 0 saturated carbocycles. The largest absolute Gasteiger partial charge is 0.573 e. The summed E-state index contributed by atoms with van der Waals surface area (Å²) in [6, 6.07) is 4.90. The van der Waals surface area contributed by atoms with Gasteiger partial charge in [-0.05, 0) is 44.5 Å². The number of hydrogen-bond donors (Lipinski definition) is 2. The highest BCUT2D eigenvalue weighted by atomic mass is 19.4. The first kappa shape index (κ1) is 24.1. The molecule has 1 amide bonds. The molecule has 9 nitrogen and oxygen atoms in total. The highest BCUT2D eigenvalue weighted by Crippen LogP contribution is 2.31. The van der Waals surface area contributed by atoms with Gasteiger partial charge in [-0.25, -0.2) is 18.6 Å². The summed E-state index contributed by atoms with van der Waals surface area (Å²) >= 11 is 0. The second-order valence-corrected chi connectivity index (χ2v) is 8.31. The molecular weight excluding hydrogens is 472 g/mol. The summed E-state index contributed by atoms with van der Waals surface area (Å²) in [5, 5.41) is 21.6. The number of ether oxygens (including phenoxy) is 1. The zero-order chi connectivity index (χ0) is 25.5. The number of halogens is 4. The Kier molecular flexibility index (Phi) is 5.97. The summed E-state index contributed by atoms with van der Waals surface area (Å²) in [5.41, 5.74) is -0.576. The third kappa shape index (κ3) is 5.24. The van der Waals surface area contributed by atoms with Crippen molar-refractivity contribution < 1.29 is 32.2 Å². The number of alkyl halides is 3. The predicted octanol–water partition coefficient (Wildman–Crippen LogP) is 3.50. The van der Waals surface area contributed by atoms with E-state index in [1.165, 1.54) is 29.2 Å². The zero-order valence-electron chi connectivity index (χ0n) is 18.7. The van der Waals surface area contributed by atoms with Gasteiger partial charge in [0, 0.05) is 18.5 Å². The number of nitrogens with zero attached hydrogens (tertiary/aromatic N) is 5. The minimum atomic E-state index is -5.07. The van der Waals surface area contributed by atoms with E-state index in [4.69, 9.17) is 0 Å². The highest BCUT2D eigenvalue weighted by Gasteiger charge is 2.34. The van der Waals surface area contributed by atoms with E-state index in [2.05, 4.69) is 25.2 Å². The molecule has 0 aliphatic rings. The van der Waals surface area contributed by atoms with Gasteiger partial charge in [-0.3, -0.25) is 4.79 Å². The number of amides is 1. The van der Waals surface area contributed by atoms with Gasteiger partial charge in [-0.15, -0.1) is 13.2 Å². The molecule has 1 unspecified atom stereocenters. The van der Waals surface area contributed by atoms with Crippen LogP contribution in [0.2, 0.25) is 0 Å². The van der Waals surface area contributed by atoms with Gasteiger partial charge in [-0.1, -0.05) is 6.07 Å². The number of hydrogen-bond acceptors (Lipinski definition) is 6. The number of benzene rings is 1. The van der Waals surface area contributed by atoms with E-state index in [0.29, 0.717) is 5.82 Å². The van der Waals surface area contributed by atoms with E-state index < -0.39 is 35.5 Å². The Hall–Kier alpha value is -4.00. The molecule has 0 aliphatic heterocycles. The molecule has 0 fully saturated rings. The highest BCUT2D eigenvalue weighted by molar-refractivity contribution is 6.00. The number of carbonyl (C=O) groups excluding carboxylic acids is 1. The van der Waals surface area contributed by atoms with Crippen molar-refractivity contribution in [2.75, 3.05) is 0 Å². The fourth-order valence-corrected chi connectivity index (χ4v) is 3.47. The van der Waals surface area contributed by atoms with Crippen molar-refractivity contribution in [2.45, 2.75) is 38.8 Å². The van der Waals surface area contributed by atoms with Crippen LogP contribution in [0.25, 0.3) is 11.5 Å². The topological polar surface area (TPSA) is 107 Å². The SMILES string of the molecule is Cc1ccn(-c2ccn3ncc(C(=O)NC(c4ccc(OC(F)(F)F)c(F)c4)C(C)(C)O)c3n2)n1. The van der Waals surface area contributed by atoms with Crippen molar-refractivity contribution in [3.63, 3.8) is 0 Å². The quantitative estimate of drug-likeness (QED) is 0.399. The van der Waals surface area contributed by atoms with Crippen molar-refractivity contribution in [1.29, 1.82) is 0 Å². The number of aliphatic hydroxyl groups is 1. The van der Waals surface area contributed by atoms with Crippen molar-refractivity contribution in [2.24, 2.45) is 0 Å². The number of aryl methyl sites for hydroxylation is 1. The predicted molar refractivity (Wildman–Crippen MR) is 114 cm³/mol. The number of aromatic nitrogens is 5. The van der Waals surface area contributed by atoms with Gasteiger partial charge in [0.25, 0.3) is 5.91 Å². The van der Waals surface area contributed by atoms with Crippen LogP contribution in [-0.2, 0) is 0 Å². The minimum absolute atomic E-state index is 0.0232. The normalized spacial score (nSPS) is 13.1. The molecule has 0 bridgehead atoms. The molecule has 3 aromatic heterocycles. The maximum absolute atomic E-state index is 14.3. The van der Waals surface area contributed by atoms with Crippen molar-refractivity contribution >= 4 is 11.6 Å². The van der Waals surface area contributed by atoms with Gasteiger partial charge in [0.2, 0.25) is 0 Å². The molecule has 4 aromatic rings. The Bertz CT molecular complexity index is 1390. The molecule has 3 heterocycles. The van der Waals surface area contributed by atoms with Gasteiger partial charge in [0.05, 0.1) is 23.5 Å². The van der Waals surface area contributed by atoms with E-state index in [1.54, 1.807) is 24.5 Å². The van der Waals surface area contributed by atoms with Crippen molar-refractivity contribution in [3.8, 4) is 11.6 Å². The Morgan fingerprint density at radius 2 is 1.91 bits per heavy atom. The Morgan fingerprint density at radius 1 is 1.17 bits per heavy atom. The molecule has 0 radical (unpaired) electrons. The average molecular weight is 492 g/mol. The van der Waals surface area contributed by atoms with Crippen LogP contribution in [-0.4, -0.2) is 47.4 Å². The lowest BCUT2D eigenvalue weighted by atomic mass is 9.91. The maximum Gasteiger partial charge on any atom is 0.573 e. The third-order valence-electron chi connectivity index (χ3n) is 5.05. The van der Waals surface area contributed by atoms with Crippen LogP contribution in [0.1, 0.15) is 41.5 Å². The molecule has 1 aromatic carbocycles.